The molecule has 1 aromatic heterocycles. The number of nitrogen functional groups attached to an aromatic ring is 1. The van der Waals surface area contributed by atoms with Gasteiger partial charge in [0.2, 0.25) is 5.88 Å². The molecule has 98 valence electrons. The number of aromatic nitrogens is 2. The van der Waals surface area contributed by atoms with E-state index in [0.717, 1.165) is 6.07 Å². The van der Waals surface area contributed by atoms with Crippen LogP contribution in [-0.2, 0) is 0 Å². The zero-order valence-electron chi connectivity index (χ0n) is 9.83. The largest absolute Gasteiger partial charge is 0.434 e. The maximum Gasteiger partial charge on any atom is 0.275 e. The fourth-order valence-corrected chi connectivity index (χ4v) is 1.41. The van der Waals surface area contributed by atoms with E-state index in [1.807, 2.05) is 0 Å². The number of hydrogen-bond donors (Lipinski definition) is 1. The molecule has 2 rings (SSSR count). The summed E-state index contributed by atoms with van der Waals surface area (Å²) in [5, 5.41) is 10.6. The Bertz CT molecular complexity index is 631. The van der Waals surface area contributed by atoms with Crippen LogP contribution < -0.4 is 10.5 Å². The number of nitrogens with two attached hydrogens (primary N) is 1. The van der Waals surface area contributed by atoms with Gasteiger partial charge < -0.3 is 10.5 Å². The quantitative estimate of drug-likeness (QED) is 0.673. The predicted molar refractivity (Wildman–Crippen MR) is 64.3 cm³/mol. The molecular formula is C11H9FN4O3. The average molecular weight is 264 g/mol. The van der Waals surface area contributed by atoms with Crippen LogP contribution in [0.4, 0.5) is 15.9 Å². The lowest BCUT2D eigenvalue weighted by Gasteiger charge is -2.06. The Balaban J connectivity index is 2.33. The van der Waals surface area contributed by atoms with Crippen LogP contribution in [0.15, 0.2) is 24.5 Å². The normalized spacial score (nSPS) is 10.2. The Morgan fingerprint density at radius 3 is 2.68 bits per heavy atom. The molecule has 0 spiro atoms. The zero-order chi connectivity index (χ0) is 14.0. The molecule has 1 heterocycles. The Labute approximate surface area is 107 Å². The maximum atomic E-state index is 13.7. The van der Waals surface area contributed by atoms with Gasteiger partial charge in [0.25, 0.3) is 5.69 Å². The van der Waals surface area contributed by atoms with E-state index in [4.69, 9.17) is 10.5 Å². The van der Waals surface area contributed by atoms with E-state index >= 15 is 0 Å². The highest BCUT2D eigenvalue weighted by atomic mass is 19.1. The van der Waals surface area contributed by atoms with E-state index in [2.05, 4.69) is 9.97 Å². The van der Waals surface area contributed by atoms with Crippen molar-refractivity contribution in [3.63, 3.8) is 0 Å². The second kappa shape index (κ2) is 4.84. The third kappa shape index (κ3) is 2.73. The van der Waals surface area contributed by atoms with E-state index in [0.29, 0.717) is 0 Å². The molecule has 0 radical (unpaired) electrons. The average Bonchev–Trinajstić information content (AvgIpc) is 2.35. The lowest BCUT2D eigenvalue weighted by molar-refractivity contribution is -0.385. The van der Waals surface area contributed by atoms with Crippen LogP contribution in [0.5, 0.6) is 11.6 Å². The summed E-state index contributed by atoms with van der Waals surface area (Å²) in [4.78, 5) is 17.5. The van der Waals surface area contributed by atoms with Crippen molar-refractivity contribution in [1.29, 1.82) is 0 Å². The molecule has 0 aliphatic carbocycles. The van der Waals surface area contributed by atoms with Crippen LogP contribution in [0, 0.1) is 22.9 Å². The van der Waals surface area contributed by atoms with Crippen molar-refractivity contribution in [2.75, 3.05) is 5.73 Å². The van der Waals surface area contributed by atoms with Gasteiger partial charge in [-0.25, -0.2) is 14.4 Å². The van der Waals surface area contributed by atoms with Gasteiger partial charge in [0.05, 0.1) is 23.4 Å². The number of anilines is 1. The minimum Gasteiger partial charge on any atom is -0.434 e. The standard InChI is InChI=1S/C11H9FN4O3/c1-6-2-9(7(12)3-8(6)16(17)18)19-11-5-14-10(13)4-15-11/h2-5H,1H3,(H2,13,14). The van der Waals surface area contributed by atoms with Gasteiger partial charge in [-0.15, -0.1) is 0 Å². The van der Waals surface area contributed by atoms with Crippen LogP contribution in [-0.4, -0.2) is 14.9 Å². The monoisotopic (exact) mass is 264 g/mol. The number of benzene rings is 1. The summed E-state index contributed by atoms with van der Waals surface area (Å²) in [5.41, 5.74) is 5.32. The summed E-state index contributed by atoms with van der Waals surface area (Å²) in [6.07, 6.45) is 2.48. The van der Waals surface area contributed by atoms with E-state index in [9.17, 15) is 14.5 Å². The molecule has 0 saturated heterocycles. The lowest BCUT2D eigenvalue weighted by Crippen LogP contribution is -1.98. The Kier molecular flexibility index (Phi) is 3.23. The molecule has 19 heavy (non-hydrogen) atoms. The minimum atomic E-state index is -0.851. The van der Waals surface area contributed by atoms with E-state index < -0.39 is 10.7 Å². The van der Waals surface area contributed by atoms with Crippen LogP contribution in [0.25, 0.3) is 0 Å². The van der Waals surface area contributed by atoms with Crippen LogP contribution >= 0.6 is 0 Å². The van der Waals surface area contributed by atoms with Gasteiger partial charge in [0, 0.05) is 5.56 Å². The van der Waals surface area contributed by atoms with Gasteiger partial charge in [-0.05, 0) is 13.0 Å². The van der Waals surface area contributed by atoms with Gasteiger partial charge in [-0.3, -0.25) is 10.1 Å². The number of nitrogens with zero attached hydrogens (tertiary/aromatic N) is 3. The topological polar surface area (TPSA) is 104 Å². The molecule has 8 heteroatoms. The number of rotatable bonds is 3. The number of aryl methyl sites for hydroxylation is 1. The first-order valence-corrected chi connectivity index (χ1v) is 5.17. The van der Waals surface area contributed by atoms with E-state index in [-0.39, 0.29) is 28.7 Å². The number of hydrogen-bond acceptors (Lipinski definition) is 6. The Hall–Kier alpha value is -2.77. The molecule has 0 unspecified atom stereocenters. The third-order valence-corrected chi connectivity index (χ3v) is 2.31. The molecule has 0 amide bonds. The SMILES string of the molecule is Cc1cc(Oc2cnc(N)cn2)c(F)cc1[N+](=O)[O-]. The van der Waals surface area contributed by atoms with Crippen molar-refractivity contribution in [2.45, 2.75) is 6.92 Å². The van der Waals surface area contributed by atoms with E-state index in [1.54, 1.807) is 0 Å². The van der Waals surface area contributed by atoms with Crippen molar-refractivity contribution in [2.24, 2.45) is 0 Å². The fourth-order valence-electron chi connectivity index (χ4n) is 1.41. The summed E-state index contributed by atoms with van der Waals surface area (Å²) in [6.45, 7) is 1.49. The van der Waals surface area contributed by atoms with Gasteiger partial charge in [0.15, 0.2) is 11.6 Å². The number of nitro benzene ring substituents is 1. The van der Waals surface area contributed by atoms with Crippen LogP contribution in [0.1, 0.15) is 5.56 Å². The first-order valence-electron chi connectivity index (χ1n) is 5.17. The second-order valence-electron chi connectivity index (χ2n) is 3.71. The minimum absolute atomic E-state index is 0.0429. The second-order valence-corrected chi connectivity index (χ2v) is 3.71. The Morgan fingerprint density at radius 1 is 1.37 bits per heavy atom. The van der Waals surface area contributed by atoms with Gasteiger partial charge in [-0.1, -0.05) is 0 Å². The van der Waals surface area contributed by atoms with Gasteiger partial charge in [-0.2, -0.15) is 0 Å². The third-order valence-electron chi connectivity index (χ3n) is 2.31. The molecule has 0 saturated carbocycles. The summed E-state index contributed by atoms with van der Waals surface area (Å²) < 4.78 is 18.8. The lowest BCUT2D eigenvalue weighted by atomic mass is 10.2. The fraction of sp³-hybridized carbons (Fsp3) is 0.0909. The van der Waals surface area contributed by atoms with Gasteiger partial charge >= 0.3 is 0 Å². The highest BCUT2D eigenvalue weighted by molar-refractivity contribution is 5.46. The molecule has 2 aromatic rings. The molecule has 2 N–H and O–H groups in total. The zero-order valence-corrected chi connectivity index (χ0v) is 9.83. The molecular weight excluding hydrogens is 255 g/mol. The summed E-state index contributed by atoms with van der Waals surface area (Å²) in [7, 11) is 0. The first-order chi connectivity index (χ1) is 8.97. The van der Waals surface area contributed by atoms with Gasteiger partial charge in [0.1, 0.15) is 5.82 Å². The molecule has 0 aliphatic rings. The molecule has 0 fully saturated rings. The van der Waals surface area contributed by atoms with E-state index in [1.165, 1.54) is 25.4 Å². The Morgan fingerprint density at radius 2 is 2.11 bits per heavy atom. The van der Waals surface area contributed by atoms with Crippen molar-refractivity contribution >= 4 is 11.5 Å². The molecule has 0 aliphatic heterocycles. The highest BCUT2D eigenvalue weighted by Gasteiger charge is 2.17. The number of halogens is 1. The molecule has 0 bridgehead atoms. The predicted octanol–water partition coefficient (Wildman–Crippen LogP) is 2.21. The van der Waals surface area contributed by atoms with Crippen molar-refractivity contribution in [3.05, 3.63) is 46.0 Å². The highest BCUT2D eigenvalue weighted by Crippen LogP contribution is 2.29. The number of nitro groups is 1. The molecule has 0 atom stereocenters. The first kappa shape index (κ1) is 12.7. The maximum absolute atomic E-state index is 13.7. The van der Waals surface area contributed by atoms with Crippen LogP contribution in [0.2, 0.25) is 0 Å². The van der Waals surface area contributed by atoms with Crippen molar-refractivity contribution in [1.82, 2.24) is 9.97 Å². The molecule has 7 nitrogen and oxygen atoms in total. The molecule has 1 aromatic carbocycles. The summed E-state index contributed by atoms with van der Waals surface area (Å²) in [5.74, 6) is -0.771. The number of ether oxygens (including phenoxy) is 1. The summed E-state index contributed by atoms with van der Waals surface area (Å²) >= 11 is 0. The summed E-state index contributed by atoms with van der Waals surface area (Å²) in [6, 6.07) is 2.03. The smallest absolute Gasteiger partial charge is 0.275 e. The van der Waals surface area contributed by atoms with Crippen molar-refractivity contribution in [3.8, 4) is 11.6 Å². The van der Waals surface area contributed by atoms with Crippen molar-refractivity contribution < 1.29 is 14.1 Å². The van der Waals surface area contributed by atoms with Crippen LogP contribution in [0.3, 0.4) is 0 Å².